The molecule has 0 fully saturated rings. The van der Waals surface area contributed by atoms with Gasteiger partial charge in [-0.05, 0) is 36.4 Å². The molecule has 0 amide bonds. The van der Waals surface area contributed by atoms with Crippen molar-refractivity contribution in [2.75, 3.05) is 0 Å². The second kappa shape index (κ2) is 14.2. The zero-order valence-electron chi connectivity index (χ0n) is 14.2. The van der Waals surface area contributed by atoms with E-state index in [4.69, 9.17) is 15.3 Å². The second-order valence-electron chi connectivity index (χ2n) is 4.62. The molecule has 28 heavy (non-hydrogen) atoms. The van der Waals surface area contributed by atoms with Gasteiger partial charge in [-0.2, -0.15) is 0 Å². The summed E-state index contributed by atoms with van der Waals surface area (Å²) in [6, 6.07) is 8.68. The van der Waals surface area contributed by atoms with Crippen LogP contribution < -0.4 is 0 Å². The fourth-order valence-electron chi connectivity index (χ4n) is 1.48. The maximum Gasteiger partial charge on any atom is 0.335 e. The third-order valence-corrected chi connectivity index (χ3v) is 2.78. The zero-order valence-corrected chi connectivity index (χ0v) is 16.3. The van der Waals surface area contributed by atoms with E-state index in [1.807, 2.05) is 0 Å². The average Bonchev–Trinajstić information content (AvgIpc) is 2.71. The summed E-state index contributed by atoms with van der Waals surface area (Å²) in [6.45, 7) is 0. The van der Waals surface area contributed by atoms with Crippen LogP contribution in [0.2, 0.25) is 0 Å². The van der Waals surface area contributed by atoms with E-state index in [0.717, 1.165) is 0 Å². The molecule has 3 rings (SSSR count). The summed E-state index contributed by atoms with van der Waals surface area (Å²) in [7, 11) is 0. The number of hydrogen-bond donors (Lipinski definition) is 3. The Morgan fingerprint density at radius 2 is 0.679 bits per heavy atom. The minimum absolute atomic E-state index is 0. The summed E-state index contributed by atoms with van der Waals surface area (Å²) in [4.78, 5) is 41.5. The predicted molar refractivity (Wildman–Crippen MR) is 93.6 cm³/mol. The van der Waals surface area contributed by atoms with E-state index < -0.39 is 17.9 Å². The molecule has 9 nitrogen and oxygen atoms in total. The number of aromatic carboxylic acids is 3. The normalized spacial score (nSPS) is 8.57. The van der Waals surface area contributed by atoms with E-state index >= 15 is 0 Å². The van der Waals surface area contributed by atoms with Crippen molar-refractivity contribution in [2.24, 2.45) is 0 Å². The fourth-order valence-corrected chi connectivity index (χ4v) is 1.48. The van der Waals surface area contributed by atoms with Crippen LogP contribution in [-0.4, -0.2) is 48.2 Å². The van der Waals surface area contributed by atoms with Gasteiger partial charge >= 0.3 is 17.9 Å². The van der Waals surface area contributed by atoms with Gasteiger partial charge in [-0.25, -0.2) is 14.4 Å². The fraction of sp³-hybridized carbons (Fsp3) is 0. The van der Waals surface area contributed by atoms with Gasteiger partial charge in [-0.1, -0.05) is 0 Å². The number of carboxylic acids is 3. The molecule has 3 aromatic heterocycles. The number of nitrogens with zero attached hydrogens (tertiary/aromatic N) is 3. The van der Waals surface area contributed by atoms with Crippen LogP contribution in [0.3, 0.4) is 0 Å². The van der Waals surface area contributed by atoms with E-state index in [9.17, 15) is 14.4 Å². The van der Waals surface area contributed by atoms with Gasteiger partial charge in [0.1, 0.15) is 0 Å². The molecule has 0 spiro atoms. The maximum absolute atomic E-state index is 10.2. The second-order valence-corrected chi connectivity index (χ2v) is 4.62. The Morgan fingerprint density at radius 1 is 0.500 bits per heavy atom. The van der Waals surface area contributed by atoms with Crippen molar-refractivity contribution in [3.63, 3.8) is 0 Å². The molecule has 0 saturated carbocycles. The van der Waals surface area contributed by atoms with Gasteiger partial charge < -0.3 is 15.3 Å². The number of pyridine rings is 3. The first kappa shape index (κ1) is 25.1. The summed E-state index contributed by atoms with van der Waals surface area (Å²) in [5.74, 6) is -2.76. The minimum atomic E-state index is -0.919. The van der Waals surface area contributed by atoms with Crippen molar-refractivity contribution in [3.05, 3.63) is 90.3 Å². The molecule has 0 atom stereocenters. The van der Waals surface area contributed by atoms with E-state index in [0.29, 0.717) is 0 Å². The summed E-state index contributed by atoms with van der Waals surface area (Å²) >= 11 is 0. The average molecular weight is 528 g/mol. The van der Waals surface area contributed by atoms with Gasteiger partial charge in [0.25, 0.3) is 0 Å². The Hall–Kier alpha value is -2.85. The Balaban J connectivity index is 0.000000384. The molecule has 3 heterocycles. The van der Waals surface area contributed by atoms with Crippen molar-refractivity contribution in [3.8, 4) is 0 Å². The topological polar surface area (TPSA) is 151 Å². The minimum Gasteiger partial charge on any atom is -0.478 e. The van der Waals surface area contributed by atoms with E-state index in [1.54, 1.807) is 0 Å². The van der Waals surface area contributed by atoms with Crippen LogP contribution in [-0.2, 0) is 0 Å². The first-order valence-electron chi connectivity index (χ1n) is 7.31. The number of carbonyl (C=O) groups is 3. The van der Waals surface area contributed by atoms with Gasteiger partial charge in [0.15, 0.2) is 0 Å². The Morgan fingerprint density at radius 3 is 0.786 bits per heavy atom. The van der Waals surface area contributed by atoms with Crippen LogP contribution in [0.25, 0.3) is 0 Å². The Labute approximate surface area is 190 Å². The smallest absolute Gasteiger partial charge is 0.335 e. The summed E-state index contributed by atoms with van der Waals surface area (Å²) in [5, 5.41) is 25.1. The molecule has 0 bridgehead atoms. The first-order valence-corrected chi connectivity index (χ1v) is 7.31. The number of rotatable bonds is 3. The zero-order chi connectivity index (χ0) is 20.1. The van der Waals surface area contributed by atoms with E-state index in [2.05, 4.69) is 15.0 Å². The standard InChI is InChI=1S/3C6H5NO2.Tb/c3*8-6(9)5-1-3-7-4-2-5;/h3*1-4H,(H,8,9);. The Kier molecular flexibility index (Phi) is 12.8. The predicted octanol–water partition coefficient (Wildman–Crippen LogP) is 2.34. The van der Waals surface area contributed by atoms with Crippen LogP contribution in [0.4, 0.5) is 0 Å². The number of aromatic nitrogens is 3. The molecule has 3 aromatic rings. The molecule has 1 radical (unpaired) electrons. The number of carboxylic acid groups (broad SMARTS) is 3. The molecular weight excluding hydrogens is 513 g/mol. The molecule has 0 aliphatic heterocycles. The van der Waals surface area contributed by atoms with Crippen LogP contribution in [0, 0.1) is 38.6 Å². The van der Waals surface area contributed by atoms with Crippen molar-refractivity contribution in [1.29, 1.82) is 0 Å². The third kappa shape index (κ3) is 10.3. The van der Waals surface area contributed by atoms with Crippen molar-refractivity contribution in [1.82, 2.24) is 15.0 Å². The number of hydrogen-bond acceptors (Lipinski definition) is 6. The molecule has 0 aliphatic carbocycles. The van der Waals surface area contributed by atoms with Gasteiger partial charge in [-0.3, -0.25) is 15.0 Å². The molecule has 0 aliphatic rings. The van der Waals surface area contributed by atoms with Gasteiger partial charge in [-0.15, -0.1) is 0 Å². The molecule has 3 N–H and O–H groups in total. The SMILES string of the molecule is O=C(O)c1ccncc1.O=C(O)c1ccncc1.O=C(O)c1ccncc1.[Tb]. The largest absolute Gasteiger partial charge is 0.478 e. The quantitative estimate of drug-likeness (QED) is 0.466. The van der Waals surface area contributed by atoms with Crippen molar-refractivity contribution >= 4 is 17.9 Å². The molecule has 10 heteroatoms. The van der Waals surface area contributed by atoms with E-state index in [1.165, 1.54) is 73.6 Å². The van der Waals surface area contributed by atoms with Gasteiger partial charge in [0.2, 0.25) is 0 Å². The van der Waals surface area contributed by atoms with Crippen LogP contribution in [0.1, 0.15) is 31.1 Å². The van der Waals surface area contributed by atoms with Crippen molar-refractivity contribution in [2.45, 2.75) is 0 Å². The monoisotopic (exact) mass is 528 g/mol. The summed E-state index contributed by atoms with van der Waals surface area (Å²) in [6.07, 6.45) is 8.69. The van der Waals surface area contributed by atoms with Gasteiger partial charge in [0.05, 0.1) is 16.7 Å². The van der Waals surface area contributed by atoms with Crippen molar-refractivity contribution < 1.29 is 68.3 Å². The Bertz CT molecular complexity index is 747. The molecule has 147 valence electrons. The third-order valence-electron chi connectivity index (χ3n) is 2.78. The van der Waals surface area contributed by atoms with Crippen LogP contribution in [0.15, 0.2) is 73.6 Å². The molecular formula is C18H15N3O6Tb. The van der Waals surface area contributed by atoms with Crippen LogP contribution in [0.5, 0.6) is 0 Å². The molecule has 0 unspecified atom stereocenters. The first-order chi connectivity index (χ1) is 12.9. The maximum atomic E-state index is 10.2. The molecule has 0 aromatic carbocycles. The molecule has 0 saturated heterocycles. The van der Waals surface area contributed by atoms with E-state index in [-0.39, 0.29) is 55.3 Å². The van der Waals surface area contributed by atoms with Crippen LogP contribution >= 0.6 is 0 Å². The summed E-state index contributed by atoms with van der Waals surface area (Å²) < 4.78 is 0. The summed E-state index contributed by atoms with van der Waals surface area (Å²) in [5.41, 5.74) is 0.806. The van der Waals surface area contributed by atoms with Gasteiger partial charge in [0, 0.05) is 75.8 Å².